The zero-order valence-electron chi connectivity index (χ0n) is 12.4. The van der Waals surface area contributed by atoms with Gasteiger partial charge in [-0.3, -0.25) is 0 Å². The third kappa shape index (κ3) is 3.18. The van der Waals surface area contributed by atoms with Gasteiger partial charge in [0.05, 0.1) is 11.0 Å². The summed E-state index contributed by atoms with van der Waals surface area (Å²) in [6, 6.07) is 14.4. The summed E-state index contributed by atoms with van der Waals surface area (Å²) < 4.78 is 43.1. The molecule has 4 rings (SSSR count). The number of benzene rings is 2. The van der Waals surface area contributed by atoms with Crippen molar-refractivity contribution >= 4 is 22.4 Å². The highest BCUT2D eigenvalue weighted by molar-refractivity contribution is 7.13. The minimum absolute atomic E-state index is 0.172. The number of fused-ring (bicyclic) bond motifs is 1. The Morgan fingerprint density at radius 3 is 2.60 bits per heavy atom. The van der Waals surface area contributed by atoms with Gasteiger partial charge >= 0.3 is 6.18 Å². The summed E-state index contributed by atoms with van der Waals surface area (Å²) in [5.74, 6) is 0.989. The lowest BCUT2D eigenvalue weighted by Gasteiger charge is -2.03. The average Bonchev–Trinajstić information content (AvgIpc) is 3.21. The largest absolute Gasteiger partial charge is 0.445 e. The third-order valence-electron chi connectivity index (χ3n) is 3.35. The van der Waals surface area contributed by atoms with Crippen LogP contribution in [0.3, 0.4) is 0 Å². The van der Waals surface area contributed by atoms with Crippen LogP contribution >= 0.6 is 11.3 Å². The number of alkyl halides is 3. The summed E-state index contributed by atoms with van der Waals surface area (Å²) in [6.07, 6.45) is -4.53. The van der Waals surface area contributed by atoms with Gasteiger partial charge in [0.15, 0.2) is 0 Å². The van der Waals surface area contributed by atoms with Crippen molar-refractivity contribution in [3.8, 4) is 22.3 Å². The van der Waals surface area contributed by atoms with Crippen molar-refractivity contribution in [1.29, 1.82) is 0 Å². The SMILES string of the molecule is FC(F)(F)c1nnc(Oc2cccc(-c3nc4ccccc4[nH]3)c2)s1. The molecule has 2 heterocycles. The van der Waals surface area contributed by atoms with Crippen molar-refractivity contribution in [2.24, 2.45) is 0 Å². The zero-order valence-corrected chi connectivity index (χ0v) is 13.2. The van der Waals surface area contributed by atoms with Crippen LogP contribution in [0.15, 0.2) is 48.5 Å². The van der Waals surface area contributed by atoms with Crippen molar-refractivity contribution in [1.82, 2.24) is 20.2 Å². The van der Waals surface area contributed by atoms with Crippen LogP contribution in [0.25, 0.3) is 22.4 Å². The van der Waals surface area contributed by atoms with Gasteiger partial charge in [0.2, 0.25) is 5.01 Å². The Labute approximate surface area is 143 Å². The van der Waals surface area contributed by atoms with E-state index < -0.39 is 11.2 Å². The molecule has 9 heteroatoms. The number of para-hydroxylation sites is 2. The summed E-state index contributed by atoms with van der Waals surface area (Å²) in [4.78, 5) is 7.67. The summed E-state index contributed by atoms with van der Waals surface area (Å²) in [5, 5.41) is 5.29. The van der Waals surface area contributed by atoms with Gasteiger partial charge in [-0.25, -0.2) is 4.98 Å². The van der Waals surface area contributed by atoms with Crippen molar-refractivity contribution in [3.05, 3.63) is 53.5 Å². The molecule has 2 aromatic heterocycles. The van der Waals surface area contributed by atoms with Crippen LogP contribution in [0.1, 0.15) is 5.01 Å². The molecule has 126 valence electrons. The van der Waals surface area contributed by atoms with Crippen LogP contribution in [0.2, 0.25) is 0 Å². The van der Waals surface area contributed by atoms with E-state index in [1.165, 1.54) is 0 Å². The van der Waals surface area contributed by atoms with E-state index in [0.29, 0.717) is 22.9 Å². The molecule has 0 radical (unpaired) electrons. The highest BCUT2D eigenvalue weighted by Crippen LogP contribution is 2.36. The van der Waals surface area contributed by atoms with E-state index in [1.807, 2.05) is 30.3 Å². The standard InChI is InChI=1S/C16H9F3N4OS/c17-16(18,19)14-22-23-15(25-14)24-10-5-3-4-9(8-10)13-20-11-6-1-2-7-12(11)21-13/h1-8H,(H,20,21). The van der Waals surface area contributed by atoms with Crippen molar-refractivity contribution in [2.45, 2.75) is 6.18 Å². The Morgan fingerprint density at radius 1 is 1.00 bits per heavy atom. The van der Waals surface area contributed by atoms with E-state index in [2.05, 4.69) is 20.2 Å². The fraction of sp³-hybridized carbons (Fsp3) is 0.0625. The molecule has 0 spiro atoms. The Morgan fingerprint density at radius 2 is 1.84 bits per heavy atom. The first-order valence-electron chi connectivity index (χ1n) is 7.13. The van der Waals surface area contributed by atoms with Crippen molar-refractivity contribution in [2.75, 3.05) is 0 Å². The molecule has 0 saturated carbocycles. The maximum absolute atomic E-state index is 12.6. The number of imidazole rings is 1. The molecule has 4 aromatic rings. The number of nitrogens with one attached hydrogen (secondary N) is 1. The van der Waals surface area contributed by atoms with Crippen LogP contribution in [0, 0.1) is 0 Å². The number of nitrogens with zero attached hydrogens (tertiary/aromatic N) is 3. The predicted octanol–water partition coefficient (Wildman–Crippen LogP) is 4.89. The Balaban J connectivity index is 1.62. The first-order chi connectivity index (χ1) is 12.0. The second-order valence-corrected chi connectivity index (χ2v) is 6.04. The first-order valence-corrected chi connectivity index (χ1v) is 7.94. The molecular formula is C16H9F3N4OS. The van der Waals surface area contributed by atoms with Crippen LogP contribution in [-0.4, -0.2) is 20.2 Å². The van der Waals surface area contributed by atoms with Gasteiger partial charge in [0, 0.05) is 5.56 Å². The van der Waals surface area contributed by atoms with E-state index in [-0.39, 0.29) is 5.19 Å². The smallest absolute Gasteiger partial charge is 0.430 e. The molecule has 5 nitrogen and oxygen atoms in total. The van der Waals surface area contributed by atoms with Crippen molar-refractivity contribution in [3.63, 3.8) is 0 Å². The molecule has 0 saturated heterocycles. The minimum atomic E-state index is -4.53. The number of ether oxygens (including phenoxy) is 1. The lowest BCUT2D eigenvalue weighted by Crippen LogP contribution is -2.03. The predicted molar refractivity (Wildman–Crippen MR) is 86.5 cm³/mol. The molecule has 2 aromatic carbocycles. The molecule has 0 atom stereocenters. The molecule has 0 amide bonds. The maximum atomic E-state index is 12.6. The third-order valence-corrected chi connectivity index (χ3v) is 4.20. The number of H-pyrrole nitrogens is 1. The fourth-order valence-corrected chi connectivity index (χ4v) is 2.85. The minimum Gasteiger partial charge on any atom is -0.430 e. The Hall–Kier alpha value is -2.94. The molecule has 0 fully saturated rings. The van der Waals surface area contributed by atoms with Crippen LogP contribution in [0.5, 0.6) is 10.9 Å². The number of hydrogen-bond donors (Lipinski definition) is 1. The second-order valence-electron chi connectivity index (χ2n) is 5.10. The van der Waals surface area contributed by atoms with E-state index in [4.69, 9.17) is 4.74 Å². The molecule has 0 bridgehead atoms. The molecule has 1 N–H and O–H groups in total. The van der Waals surface area contributed by atoms with Crippen molar-refractivity contribution < 1.29 is 17.9 Å². The topological polar surface area (TPSA) is 63.7 Å². The highest BCUT2D eigenvalue weighted by Gasteiger charge is 2.36. The van der Waals surface area contributed by atoms with Gasteiger partial charge < -0.3 is 9.72 Å². The lowest BCUT2D eigenvalue weighted by atomic mass is 10.2. The highest BCUT2D eigenvalue weighted by atomic mass is 32.1. The second kappa shape index (κ2) is 5.85. The van der Waals surface area contributed by atoms with Crippen LogP contribution < -0.4 is 4.74 Å². The summed E-state index contributed by atoms with van der Waals surface area (Å²) in [5.41, 5.74) is 2.46. The fourth-order valence-electron chi connectivity index (χ4n) is 2.26. The van der Waals surface area contributed by atoms with Gasteiger partial charge in [-0.1, -0.05) is 40.7 Å². The number of aromatic nitrogens is 4. The molecule has 0 aliphatic rings. The molecule has 25 heavy (non-hydrogen) atoms. The van der Waals surface area contributed by atoms with E-state index in [0.717, 1.165) is 16.6 Å². The molecule has 0 aliphatic carbocycles. The van der Waals surface area contributed by atoms with Gasteiger partial charge in [0.25, 0.3) is 5.19 Å². The number of hydrogen-bond acceptors (Lipinski definition) is 5. The molecule has 0 unspecified atom stereocenters. The normalized spacial score (nSPS) is 11.8. The molecular weight excluding hydrogens is 353 g/mol. The van der Waals surface area contributed by atoms with E-state index in [1.54, 1.807) is 18.2 Å². The molecule has 0 aliphatic heterocycles. The quantitative estimate of drug-likeness (QED) is 0.563. The number of halogens is 3. The van der Waals surface area contributed by atoms with Gasteiger partial charge in [-0.2, -0.15) is 13.2 Å². The Bertz CT molecular complexity index is 1010. The number of rotatable bonds is 3. The monoisotopic (exact) mass is 362 g/mol. The van der Waals surface area contributed by atoms with Crippen LogP contribution in [-0.2, 0) is 6.18 Å². The lowest BCUT2D eigenvalue weighted by molar-refractivity contribution is -0.138. The van der Waals surface area contributed by atoms with Gasteiger partial charge in [-0.05, 0) is 24.3 Å². The van der Waals surface area contributed by atoms with E-state index in [9.17, 15) is 13.2 Å². The number of aromatic amines is 1. The summed E-state index contributed by atoms with van der Waals surface area (Å²) in [7, 11) is 0. The summed E-state index contributed by atoms with van der Waals surface area (Å²) >= 11 is 0.347. The van der Waals surface area contributed by atoms with Crippen LogP contribution in [0.4, 0.5) is 13.2 Å². The first kappa shape index (κ1) is 15.6. The average molecular weight is 362 g/mol. The maximum Gasteiger partial charge on any atom is 0.445 e. The van der Waals surface area contributed by atoms with Gasteiger partial charge in [-0.15, -0.1) is 5.10 Å². The Kier molecular flexibility index (Phi) is 3.65. The summed E-state index contributed by atoms with van der Waals surface area (Å²) in [6.45, 7) is 0. The van der Waals surface area contributed by atoms with E-state index >= 15 is 0 Å². The van der Waals surface area contributed by atoms with Gasteiger partial charge in [0.1, 0.15) is 11.6 Å². The zero-order chi connectivity index (χ0) is 17.4.